The molecular weight excluding hydrogens is 412 g/mol. The minimum atomic E-state index is -3.67. The molecule has 0 radical (unpaired) electrons. The Balaban J connectivity index is 1.52. The van der Waals surface area contributed by atoms with Crippen LogP contribution in [0.1, 0.15) is 12.8 Å². The molecule has 0 aliphatic carbocycles. The zero-order chi connectivity index (χ0) is 21.7. The average molecular weight is 438 g/mol. The SMILES string of the molecule is CS(=O)(=O)N(CCCC(=O)N1CCN(c2ccc(F)cc2)CC1)c1ccccc1F. The van der Waals surface area contributed by atoms with Crippen molar-refractivity contribution in [2.24, 2.45) is 0 Å². The molecule has 2 aromatic carbocycles. The summed E-state index contributed by atoms with van der Waals surface area (Å²) in [4.78, 5) is 16.4. The van der Waals surface area contributed by atoms with Crippen LogP contribution in [0.2, 0.25) is 0 Å². The van der Waals surface area contributed by atoms with Crippen molar-refractivity contribution in [2.45, 2.75) is 12.8 Å². The molecule has 0 saturated carbocycles. The third-order valence-corrected chi connectivity index (χ3v) is 6.28. The van der Waals surface area contributed by atoms with Crippen molar-refractivity contribution in [2.75, 3.05) is 48.2 Å². The second kappa shape index (κ2) is 9.42. The lowest BCUT2D eigenvalue weighted by Crippen LogP contribution is -2.48. The van der Waals surface area contributed by atoms with Crippen molar-refractivity contribution in [3.8, 4) is 0 Å². The molecule has 6 nitrogen and oxygen atoms in total. The lowest BCUT2D eigenvalue weighted by molar-refractivity contribution is -0.131. The van der Waals surface area contributed by atoms with Crippen LogP contribution >= 0.6 is 0 Å². The van der Waals surface area contributed by atoms with Gasteiger partial charge in [0.05, 0.1) is 11.9 Å². The molecule has 9 heteroatoms. The molecule has 0 atom stereocenters. The first kappa shape index (κ1) is 22.0. The first-order valence-corrected chi connectivity index (χ1v) is 11.6. The van der Waals surface area contributed by atoms with E-state index in [1.807, 2.05) is 0 Å². The molecule has 0 unspecified atom stereocenters. The van der Waals surface area contributed by atoms with Crippen molar-refractivity contribution in [3.05, 3.63) is 60.2 Å². The Morgan fingerprint density at radius 1 is 1.00 bits per heavy atom. The van der Waals surface area contributed by atoms with Gasteiger partial charge in [0, 0.05) is 44.8 Å². The van der Waals surface area contributed by atoms with Crippen LogP contribution in [-0.4, -0.2) is 58.2 Å². The Kier molecular flexibility index (Phi) is 6.91. The van der Waals surface area contributed by atoms with Crippen LogP contribution in [0.15, 0.2) is 48.5 Å². The molecule has 0 N–H and O–H groups in total. The molecular formula is C21H25F2N3O3S. The third kappa shape index (κ3) is 5.47. The molecule has 1 heterocycles. The maximum atomic E-state index is 14.0. The lowest BCUT2D eigenvalue weighted by Gasteiger charge is -2.36. The summed E-state index contributed by atoms with van der Waals surface area (Å²) in [5, 5.41) is 0. The van der Waals surface area contributed by atoms with Crippen molar-refractivity contribution in [3.63, 3.8) is 0 Å². The van der Waals surface area contributed by atoms with Gasteiger partial charge in [0.1, 0.15) is 11.6 Å². The van der Waals surface area contributed by atoms with Crippen molar-refractivity contribution in [1.29, 1.82) is 0 Å². The number of carbonyl (C=O) groups excluding carboxylic acids is 1. The number of hydrogen-bond donors (Lipinski definition) is 0. The molecule has 1 amide bonds. The number of halogens is 2. The summed E-state index contributed by atoms with van der Waals surface area (Å²) in [6, 6.07) is 11.9. The van der Waals surface area contributed by atoms with E-state index in [0.29, 0.717) is 32.6 Å². The molecule has 0 bridgehead atoms. The van der Waals surface area contributed by atoms with Crippen LogP contribution in [0.3, 0.4) is 0 Å². The molecule has 1 aliphatic heterocycles. The molecule has 3 rings (SSSR count). The maximum absolute atomic E-state index is 14.0. The second-order valence-electron chi connectivity index (χ2n) is 7.23. The fraction of sp³-hybridized carbons (Fsp3) is 0.381. The Hall–Kier alpha value is -2.68. The monoisotopic (exact) mass is 437 g/mol. The summed E-state index contributed by atoms with van der Waals surface area (Å²) < 4.78 is 52.3. The predicted molar refractivity (Wildman–Crippen MR) is 113 cm³/mol. The number of piperazine rings is 1. The first-order valence-electron chi connectivity index (χ1n) is 9.76. The maximum Gasteiger partial charge on any atom is 0.232 e. The van der Waals surface area contributed by atoms with E-state index in [1.165, 1.54) is 30.3 Å². The number of benzene rings is 2. The van der Waals surface area contributed by atoms with E-state index in [1.54, 1.807) is 23.1 Å². The Labute approximate surface area is 175 Å². The minimum absolute atomic E-state index is 0.0136. The fourth-order valence-electron chi connectivity index (χ4n) is 3.52. The van der Waals surface area contributed by atoms with Gasteiger partial charge in [-0.25, -0.2) is 17.2 Å². The molecule has 30 heavy (non-hydrogen) atoms. The van der Waals surface area contributed by atoms with E-state index in [-0.39, 0.29) is 30.4 Å². The highest BCUT2D eigenvalue weighted by molar-refractivity contribution is 7.92. The molecule has 2 aromatic rings. The van der Waals surface area contributed by atoms with Crippen LogP contribution < -0.4 is 9.21 Å². The number of anilines is 2. The van der Waals surface area contributed by atoms with Gasteiger partial charge in [-0.15, -0.1) is 0 Å². The van der Waals surface area contributed by atoms with Gasteiger partial charge in [0.25, 0.3) is 0 Å². The van der Waals surface area contributed by atoms with Crippen LogP contribution in [0.4, 0.5) is 20.2 Å². The number of rotatable bonds is 7. The minimum Gasteiger partial charge on any atom is -0.368 e. The lowest BCUT2D eigenvalue weighted by atomic mass is 10.2. The molecule has 1 aliphatic rings. The third-order valence-electron chi connectivity index (χ3n) is 5.10. The van der Waals surface area contributed by atoms with E-state index < -0.39 is 15.8 Å². The summed E-state index contributed by atoms with van der Waals surface area (Å²) in [5.41, 5.74) is 0.901. The topological polar surface area (TPSA) is 60.9 Å². The van der Waals surface area contributed by atoms with Crippen molar-refractivity contribution < 1.29 is 22.0 Å². The number of sulfonamides is 1. The van der Waals surface area contributed by atoms with Crippen LogP contribution in [0.25, 0.3) is 0 Å². The van der Waals surface area contributed by atoms with Crippen molar-refractivity contribution in [1.82, 2.24) is 4.90 Å². The van der Waals surface area contributed by atoms with E-state index in [2.05, 4.69) is 4.90 Å². The second-order valence-corrected chi connectivity index (χ2v) is 9.14. The highest BCUT2D eigenvalue weighted by Gasteiger charge is 2.23. The molecule has 1 saturated heterocycles. The normalized spacial score (nSPS) is 14.6. The van der Waals surface area contributed by atoms with Gasteiger partial charge in [-0.2, -0.15) is 0 Å². The van der Waals surface area contributed by atoms with Gasteiger partial charge >= 0.3 is 0 Å². The molecule has 1 fully saturated rings. The average Bonchev–Trinajstić information content (AvgIpc) is 2.72. The zero-order valence-electron chi connectivity index (χ0n) is 16.8. The number of amides is 1. The van der Waals surface area contributed by atoms with Gasteiger partial charge in [-0.3, -0.25) is 9.10 Å². The highest BCUT2D eigenvalue weighted by Crippen LogP contribution is 2.22. The van der Waals surface area contributed by atoms with E-state index in [0.717, 1.165) is 16.2 Å². The van der Waals surface area contributed by atoms with Gasteiger partial charge in [-0.1, -0.05) is 12.1 Å². The molecule has 0 spiro atoms. The zero-order valence-corrected chi connectivity index (χ0v) is 17.6. The fourth-order valence-corrected chi connectivity index (χ4v) is 4.48. The van der Waals surface area contributed by atoms with E-state index >= 15 is 0 Å². The number of hydrogen-bond acceptors (Lipinski definition) is 4. The van der Waals surface area contributed by atoms with Crippen LogP contribution in [0, 0.1) is 11.6 Å². The number of carbonyl (C=O) groups is 1. The first-order chi connectivity index (χ1) is 14.3. The standard InChI is InChI=1S/C21H25F2N3O3S/c1-30(28,29)26(20-6-3-2-5-19(20)23)12-4-7-21(27)25-15-13-24(14-16-25)18-10-8-17(22)9-11-18/h2-3,5-6,8-11H,4,7,12-16H2,1H3. The van der Waals surface area contributed by atoms with E-state index in [9.17, 15) is 22.0 Å². The predicted octanol–water partition coefficient (Wildman–Crippen LogP) is 2.86. The molecule has 0 aromatic heterocycles. The number of nitrogens with zero attached hydrogens (tertiary/aromatic N) is 3. The summed E-state index contributed by atoms with van der Waals surface area (Å²) in [5.74, 6) is -0.965. The van der Waals surface area contributed by atoms with Crippen molar-refractivity contribution >= 4 is 27.3 Å². The summed E-state index contributed by atoms with van der Waals surface area (Å²) in [6.07, 6.45) is 1.49. The quantitative estimate of drug-likeness (QED) is 0.668. The van der Waals surface area contributed by atoms with E-state index in [4.69, 9.17) is 0 Å². The summed E-state index contributed by atoms with van der Waals surface area (Å²) in [7, 11) is -3.67. The smallest absolute Gasteiger partial charge is 0.232 e. The highest BCUT2D eigenvalue weighted by atomic mass is 32.2. The Morgan fingerprint density at radius 3 is 2.23 bits per heavy atom. The summed E-state index contributed by atoms with van der Waals surface area (Å²) in [6.45, 7) is 2.39. The van der Waals surface area contributed by atoms with Gasteiger partial charge < -0.3 is 9.80 Å². The molecule has 162 valence electrons. The Morgan fingerprint density at radius 2 is 1.63 bits per heavy atom. The largest absolute Gasteiger partial charge is 0.368 e. The Bertz CT molecular complexity index is 975. The van der Waals surface area contributed by atoms with Gasteiger partial charge in [0.15, 0.2) is 0 Å². The van der Waals surface area contributed by atoms with Crippen LogP contribution in [0.5, 0.6) is 0 Å². The summed E-state index contributed by atoms with van der Waals surface area (Å²) >= 11 is 0. The van der Waals surface area contributed by atoms with Gasteiger partial charge in [-0.05, 0) is 42.8 Å². The van der Waals surface area contributed by atoms with Crippen LogP contribution in [-0.2, 0) is 14.8 Å². The van der Waals surface area contributed by atoms with Gasteiger partial charge in [0.2, 0.25) is 15.9 Å². The number of para-hydroxylation sites is 1.